The van der Waals surface area contributed by atoms with E-state index in [4.69, 9.17) is 26.5 Å². The Morgan fingerprint density at radius 2 is 1.74 bits per heavy atom. The van der Waals surface area contributed by atoms with E-state index in [0.717, 1.165) is 39.6 Å². The minimum atomic E-state index is 0.590. The summed E-state index contributed by atoms with van der Waals surface area (Å²) in [5.41, 5.74) is 22.6. The molecule has 6 N–H and O–H groups in total. The zero-order valence-electron chi connectivity index (χ0n) is 16.0. The predicted octanol–water partition coefficient (Wildman–Crippen LogP) is 3.74. The second-order valence-electron chi connectivity index (χ2n) is 5.98. The SMILES string of the molecule is COc1ccc(N)cc1.Cc1cc(-c2c(C)noc2C)cc(N)c1N=CN. The molecule has 3 rings (SSSR count). The van der Waals surface area contributed by atoms with Gasteiger partial charge in [0.25, 0.3) is 0 Å². The molecule has 7 nitrogen and oxygen atoms in total. The van der Waals surface area contributed by atoms with E-state index in [1.54, 1.807) is 19.2 Å². The average molecular weight is 367 g/mol. The Morgan fingerprint density at radius 3 is 2.22 bits per heavy atom. The molecule has 0 aliphatic rings. The van der Waals surface area contributed by atoms with E-state index in [9.17, 15) is 0 Å². The zero-order valence-corrected chi connectivity index (χ0v) is 16.0. The Hall–Kier alpha value is -3.48. The van der Waals surface area contributed by atoms with Gasteiger partial charge >= 0.3 is 0 Å². The van der Waals surface area contributed by atoms with Crippen LogP contribution in [0, 0.1) is 20.8 Å². The third-order valence-electron chi connectivity index (χ3n) is 3.97. The number of aryl methyl sites for hydroxylation is 3. The fourth-order valence-corrected chi connectivity index (χ4v) is 2.70. The first kappa shape index (κ1) is 19.8. The van der Waals surface area contributed by atoms with Crippen molar-refractivity contribution in [3.63, 3.8) is 0 Å². The largest absolute Gasteiger partial charge is 0.497 e. The Morgan fingerprint density at radius 1 is 1.07 bits per heavy atom. The number of aromatic nitrogens is 1. The molecule has 0 radical (unpaired) electrons. The van der Waals surface area contributed by atoms with Crippen LogP contribution >= 0.6 is 0 Å². The first-order valence-electron chi connectivity index (χ1n) is 8.34. The number of nitrogens with zero attached hydrogens (tertiary/aromatic N) is 2. The van der Waals surface area contributed by atoms with Gasteiger partial charge < -0.3 is 26.5 Å². The molecule has 0 spiro atoms. The van der Waals surface area contributed by atoms with Crippen molar-refractivity contribution in [3.05, 3.63) is 53.4 Å². The molecule has 0 saturated heterocycles. The van der Waals surface area contributed by atoms with Gasteiger partial charge in [0, 0.05) is 11.3 Å². The Bertz CT molecular complexity index is 888. The monoisotopic (exact) mass is 367 g/mol. The molecule has 0 amide bonds. The molecule has 0 bridgehead atoms. The highest BCUT2D eigenvalue weighted by Crippen LogP contribution is 2.35. The molecule has 0 saturated carbocycles. The van der Waals surface area contributed by atoms with Crippen LogP contribution in [0.4, 0.5) is 17.1 Å². The third kappa shape index (κ3) is 4.78. The number of nitrogen functional groups attached to an aromatic ring is 2. The van der Waals surface area contributed by atoms with E-state index in [1.807, 2.05) is 45.0 Å². The van der Waals surface area contributed by atoms with Crippen LogP contribution in [0.3, 0.4) is 0 Å². The molecule has 1 heterocycles. The number of hydrogen-bond donors (Lipinski definition) is 3. The maximum Gasteiger partial charge on any atom is 0.141 e. The van der Waals surface area contributed by atoms with Gasteiger partial charge in [0.2, 0.25) is 0 Å². The van der Waals surface area contributed by atoms with Crippen LogP contribution in [0.2, 0.25) is 0 Å². The Balaban J connectivity index is 0.000000244. The molecule has 1 aromatic heterocycles. The van der Waals surface area contributed by atoms with Crippen LogP contribution in [0.15, 0.2) is 45.9 Å². The summed E-state index contributed by atoms with van der Waals surface area (Å²) in [6.45, 7) is 5.73. The number of methoxy groups -OCH3 is 1. The summed E-state index contributed by atoms with van der Waals surface area (Å²) in [7, 11) is 1.63. The lowest BCUT2D eigenvalue weighted by molar-refractivity contribution is 0.393. The summed E-state index contributed by atoms with van der Waals surface area (Å²) >= 11 is 0. The summed E-state index contributed by atoms with van der Waals surface area (Å²) in [6, 6.07) is 11.1. The van der Waals surface area contributed by atoms with Crippen molar-refractivity contribution in [3.8, 4) is 16.9 Å². The van der Waals surface area contributed by atoms with Crippen molar-refractivity contribution in [2.45, 2.75) is 20.8 Å². The van der Waals surface area contributed by atoms with Crippen molar-refractivity contribution >= 4 is 23.4 Å². The first-order chi connectivity index (χ1) is 12.9. The molecule has 27 heavy (non-hydrogen) atoms. The van der Waals surface area contributed by atoms with Gasteiger partial charge in [-0.05, 0) is 68.3 Å². The fraction of sp³-hybridized carbons (Fsp3) is 0.200. The highest BCUT2D eigenvalue weighted by molar-refractivity contribution is 5.80. The summed E-state index contributed by atoms with van der Waals surface area (Å²) in [5.74, 6) is 1.62. The van der Waals surface area contributed by atoms with Crippen molar-refractivity contribution in [1.29, 1.82) is 0 Å². The zero-order chi connectivity index (χ0) is 20.0. The number of hydrogen-bond acceptors (Lipinski definition) is 6. The molecular formula is C20H25N5O2. The van der Waals surface area contributed by atoms with Crippen molar-refractivity contribution in [2.75, 3.05) is 18.6 Å². The molecule has 0 fully saturated rings. The van der Waals surface area contributed by atoms with Crippen LogP contribution in [-0.2, 0) is 0 Å². The lowest BCUT2D eigenvalue weighted by Gasteiger charge is -2.08. The van der Waals surface area contributed by atoms with Crippen molar-refractivity contribution in [2.24, 2.45) is 10.7 Å². The van der Waals surface area contributed by atoms with E-state index < -0.39 is 0 Å². The molecule has 2 aromatic carbocycles. The molecule has 0 unspecified atom stereocenters. The Labute approximate surface area is 158 Å². The van der Waals surface area contributed by atoms with Gasteiger partial charge in [-0.25, -0.2) is 4.99 Å². The molecule has 3 aromatic rings. The molecule has 0 aliphatic carbocycles. The normalized spacial score (nSPS) is 10.5. The summed E-state index contributed by atoms with van der Waals surface area (Å²) in [5, 5.41) is 3.95. The van der Waals surface area contributed by atoms with Crippen LogP contribution in [-0.4, -0.2) is 18.6 Å². The van der Waals surface area contributed by atoms with Gasteiger partial charge in [-0.3, -0.25) is 0 Å². The van der Waals surface area contributed by atoms with E-state index in [-0.39, 0.29) is 0 Å². The second-order valence-corrected chi connectivity index (χ2v) is 5.98. The Kier molecular flexibility index (Phi) is 6.43. The number of aliphatic imine (C=N–C) groups is 1. The van der Waals surface area contributed by atoms with Gasteiger partial charge in [0.1, 0.15) is 11.5 Å². The van der Waals surface area contributed by atoms with Crippen LogP contribution < -0.4 is 21.9 Å². The summed E-state index contributed by atoms with van der Waals surface area (Å²) in [4.78, 5) is 4.06. The van der Waals surface area contributed by atoms with Crippen LogP contribution in [0.5, 0.6) is 5.75 Å². The van der Waals surface area contributed by atoms with Gasteiger partial charge in [0.15, 0.2) is 0 Å². The first-order valence-corrected chi connectivity index (χ1v) is 8.34. The van der Waals surface area contributed by atoms with Crippen molar-refractivity contribution < 1.29 is 9.26 Å². The lowest BCUT2D eigenvalue weighted by atomic mass is 10.00. The number of benzene rings is 2. The second kappa shape index (κ2) is 8.75. The van der Waals surface area contributed by atoms with Crippen molar-refractivity contribution in [1.82, 2.24) is 5.16 Å². The number of ether oxygens (including phenoxy) is 1. The van der Waals surface area contributed by atoms with Crippen LogP contribution in [0.25, 0.3) is 11.1 Å². The minimum Gasteiger partial charge on any atom is -0.497 e. The summed E-state index contributed by atoms with van der Waals surface area (Å²) < 4.78 is 10.1. The van der Waals surface area contributed by atoms with Gasteiger partial charge in [-0.15, -0.1) is 0 Å². The molecule has 0 atom stereocenters. The maximum absolute atomic E-state index is 5.99. The van der Waals surface area contributed by atoms with Crippen LogP contribution in [0.1, 0.15) is 17.0 Å². The third-order valence-corrected chi connectivity index (χ3v) is 3.97. The maximum atomic E-state index is 5.99. The lowest BCUT2D eigenvalue weighted by Crippen LogP contribution is -1.94. The van der Waals surface area contributed by atoms with E-state index in [2.05, 4.69) is 10.1 Å². The molecule has 0 aliphatic heterocycles. The highest BCUT2D eigenvalue weighted by Gasteiger charge is 2.14. The summed E-state index contributed by atoms with van der Waals surface area (Å²) in [6.07, 6.45) is 1.24. The predicted molar refractivity (Wildman–Crippen MR) is 110 cm³/mol. The van der Waals surface area contributed by atoms with E-state index in [0.29, 0.717) is 11.4 Å². The highest BCUT2D eigenvalue weighted by atomic mass is 16.5. The molecule has 142 valence electrons. The van der Waals surface area contributed by atoms with E-state index in [1.165, 1.54) is 6.34 Å². The number of rotatable bonds is 3. The van der Waals surface area contributed by atoms with Gasteiger partial charge in [0.05, 0.1) is 30.5 Å². The number of nitrogens with two attached hydrogens (primary N) is 3. The quantitative estimate of drug-likeness (QED) is 0.368. The molecular weight excluding hydrogens is 342 g/mol. The van der Waals surface area contributed by atoms with E-state index >= 15 is 0 Å². The minimum absolute atomic E-state index is 0.590. The van der Waals surface area contributed by atoms with Gasteiger partial charge in [-0.2, -0.15) is 0 Å². The molecule has 7 heteroatoms. The topological polar surface area (TPSA) is 126 Å². The number of anilines is 2. The van der Waals surface area contributed by atoms with Gasteiger partial charge in [-0.1, -0.05) is 5.16 Å². The smallest absolute Gasteiger partial charge is 0.141 e. The fourth-order valence-electron chi connectivity index (χ4n) is 2.70. The average Bonchev–Trinajstić information content (AvgIpc) is 2.98. The standard InChI is InChI=1S/C13H16N4O.C7H9NO/c1-7-4-10(5-11(15)13(7)16-6-14)12-8(2)17-18-9(12)3;1-9-7-4-2-6(8)3-5-7/h4-6H,15H2,1-3H3,(H2,14,16);2-5H,8H2,1H3.